The maximum Gasteiger partial charge on any atom is 0.326 e. The van der Waals surface area contributed by atoms with E-state index in [0.717, 1.165) is 12.8 Å². The lowest BCUT2D eigenvalue weighted by atomic mass is 9.92. The first-order chi connectivity index (χ1) is 42.7. The molecule has 0 bridgehead atoms. The molecule has 2 saturated heterocycles. The average Bonchev–Trinajstić information content (AvgIpc) is 1.91. The molecule has 29 nitrogen and oxygen atoms in total. The SMILES string of the molecule is CCC(C)[C@H](NC(=O)[C@@H]1CCCN1C(=O)[C@H](Cc1cnc[nH]1)NC(=O)[C@@H]1CCSSCC[C@H](NC(=O)[C@H](CCCN=C(N)N)NC(=O)CNCCC(CCNC(C)(C)C(C)N=O)CCNC(C)(C)C(C)N=O)C(=O)N[C@@H](Cc2ccc(O)cc2)C(=O)N1)C(=O)O. The summed E-state index contributed by atoms with van der Waals surface area (Å²) in [5.74, 6) is -5.78. The number of hydrogen-bond donors (Lipinski definition) is 14. The number of carboxylic acids is 1. The molecule has 2 aliphatic heterocycles. The lowest BCUT2D eigenvalue weighted by Gasteiger charge is -2.31. The Morgan fingerprint density at radius 2 is 1.44 bits per heavy atom. The summed E-state index contributed by atoms with van der Waals surface area (Å²) in [5.41, 5.74) is 11.1. The average molecular weight is 1300 g/mol. The van der Waals surface area contributed by atoms with Crippen molar-refractivity contribution in [3.8, 4) is 5.75 Å². The molecule has 7 amide bonds. The van der Waals surface area contributed by atoms with Gasteiger partial charge >= 0.3 is 5.97 Å². The number of phenolic OH excluding ortho intramolecular Hbond substituents is 1. The van der Waals surface area contributed by atoms with Gasteiger partial charge in [-0.1, -0.05) is 64.3 Å². The van der Waals surface area contributed by atoms with E-state index >= 15 is 0 Å². The smallest absolute Gasteiger partial charge is 0.326 e. The van der Waals surface area contributed by atoms with E-state index in [-0.39, 0.29) is 82.2 Å². The molecule has 3 heterocycles. The quantitative estimate of drug-likeness (QED) is 0.0151. The molecule has 502 valence electrons. The number of guanidine groups is 1. The number of aromatic nitrogens is 2. The highest BCUT2D eigenvalue weighted by Crippen LogP contribution is 2.26. The van der Waals surface area contributed by atoms with Gasteiger partial charge in [0, 0.05) is 60.4 Å². The fourth-order valence-corrected chi connectivity index (χ4v) is 12.3. The molecule has 0 spiro atoms. The summed E-state index contributed by atoms with van der Waals surface area (Å²) in [7, 11) is 2.71. The number of amides is 7. The van der Waals surface area contributed by atoms with Gasteiger partial charge in [0.15, 0.2) is 5.96 Å². The molecule has 2 aromatic rings. The largest absolute Gasteiger partial charge is 0.508 e. The number of hydrogen-bond acceptors (Lipinski definition) is 20. The first-order valence-electron chi connectivity index (χ1n) is 30.9. The number of aromatic amines is 1. The lowest BCUT2D eigenvalue weighted by Crippen LogP contribution is -2.60. The van der Waals surface area contributed by atoms with Crippen molar-refractivity contribution in [1.29, 1.82) is 0 Å². The second-order valence-electron chi connectivity index (χ2n) is 24.4. The molecule has 31 heteroatoms. The van der Waals surface area contributed by atoms with Gasteiger partial charge in [-0.3, -0.25) is 38.6 Å². The molecule has 0 radical (unpaired) electrons. The Balaban J connectivity index is 1.53. The van der Waals surface area contributed by atoms with Gasteiger partial charge in [-0.2, -0.15) is 9.81 Å². The van der Waals surface area contributed by atoms with Gasteiger partial charge < -0.3 is 79.4 Å². The van der Waals surface area contributed by atoms with Crippen molar-refractivity contribution >= 4 is 74.9 Å². The van der Waals surface area contributed by atoms with Crippen LogP contribution in [0.25, 0.3) is 0 Å². The van der Waals surface area contributed by atoms with Crippen LogP contribution in [0.1, 0.15) is 131 Å². The van der Waals surface area contributed by atoms with Gasteiger partial charge in [0.25, 0.3) is 0 Å². The summed E-state index contributed by atoms with van der Waals surface area (Å²) < 4.78 is 0. The summed E-state index contributed by atoms with van der Waals surface area (Å²) in [6.07, 6.45) is 6.44. The lowest BCUT2D eigenvalue weighted by molar-refractivity contribution is -0.146. The molecule has 2 aliphatic rings. The third kappa shape index (κ3) is 25.4. The molecule has 1 aromatic carbocycles. The number of rotatable bonds is 36. The number of carbonyl (C=O) groups excluding carboxylic acids is 7. The highest BCUT2D eigenvalue weighted by molar-refractivity contribution is 8.76. The maximum atomic E-state index is 14.6. The Morgan fingerprint density at radius 1 is 0.811 bits per heavy atom. The minimum Gasteiger partial charge on any atom is -0.508 e. The highest BCUT2D eigenvalue weighted by Gasteiger charge is 2.41. The molecular weight excluding hydrogens is 1200 g/mol. The standard InChI is InChI=1S/C59H97N17O12S2/c1-9-35(2)49(56(85)86)73-54(83)47-13-11-27-76(47)55(84)46(31-40-32-63-34-65-40)72-52(81)44-22-29-90-89-28-21-43(51(80)71-45(53(82)70-44)30-39-14-16-41(77)17-15-39)69-50(79)42(12-10-23-64-57(60)61)68-48(78)33-62-24-18-38(19-25-66-58(5,6)36(3)74-87)20-26-67-59(7,8)37(4)75-88/h14-17,32,34-38,42-47,49,62,66-67,77H,9-13,18-31,33H2,1-8H3,(H,63,65)(H,68,78)(H,69,79)(H,70,82)(H,71,80)(H,72,81)(H,73,83)(H,85,86)(H4,60,61,64)/t35?,36?,37?,38?,42-,43-,44-,45-,46-,47-,49-/m0/s1. The second kappa shape index (κ2) is 38.0. The van der Waals surface area contributed by atoms with Gasteiger partial charge in [-0.15, -0.1) is 0 Å². The fourth-order valence-electron chi connectivity index (χ4n) is 10.1. The molecule has 16 N–H and O–H groups in total. The van der Waals surface area contributed by atoms with Crippen LogP contribution in [0, 0.1) is 21.6 Å². The Labute approximate surface area is 534 Å². The summed E-state index contributed by atoms with van der Waals surface area (Å²) >= 11 is 0. The van der Waals surface area contributed by atoms with Crippen LogP contribution in [0.5, 0.6) is 5.75 Å². The number of nitrogens with zero attached hydrogens (tertiary/aromatic N) is 5. The van der Waals surface area contributed by atoms with Crippen molar-refractivity contribution in [3.05, 3.63) is 57.9 Å². The zero-order valence-corrected chi connectivity index (χ0v) is 54.8. The molecule has 10 atom stereocenters. The molecule has 90 heavy (non-hydrogen) atoms. The molecule has 4 rings (SSSR count). The molecule has 0 saturated carbocycles. The predicted octanol–water partition coefficient (Wildman–Crippen LogP) is 1.58. The minimum absolute atomic E-state index is 0.0499. The predicted molar refractivity (Wildman–Crippen MR) is 346 cm³/mol. The molecule has 3 unspecified atom stereocenters. The number of aliphatic carboxylic acids is 1. The summed E-state index contributed by atoms with van der Waals surface area (Å²) in [6, 6.07) is -3.52. The van der Waals surface area contributed by atoms with E-state index in [0.29, 0.717) is 61.7 Å². The van der Waals surface area contributed by atoms with Crippen molar-refractivity contribution in [1.82, 2.24) is 62.7 Å². The van der Waals surface area contributed by atoms with E-state index in [1.54, 1.807) is 39.8 Å². The highest BCUT2D eigenvalue weighted by atomic mass is 33.1. The van der Waals surface area contributed by atoms with Gasteiger partial charge in [0.05, 0.1) is 12.9 Å². The second-order valence-corrected chi connectivity index (χ2v) is 27.1. The first kappa shape index (κ1) is 75.5. The number of imidazole rings is 1. The van der Waals surface area contributed by atoms with Crippen LogP contribution in [0.2, 0.25) is 0 Å². The number of aromatic hydroxyl groups is 1. The molecular formula is C59H97N17O12S2. The number of benzene rings is 1. The number of carboxylic acid groups (broad SMARTS) is 1. The van der Waals surface area contributed by atoms with Crippen molar-refractivity contribution in [2.45, 2.75) is 198 Å². The van der Waals surface area contributed by atoms with Gasteiger partial charge in [0.2, 0.25) is 41.4 Å². The first-order valence-corrected chi connectivity index (χ1v) is 33.4. The molecule has 1 aromatic heterocycles. The van der Waals surface area contributed by atoms with Crippen LogP contribution in [-0.2, 0) is 51.2 Å². The van der Waals surface area contributed by atoms with Crippen LogP contribution in [0.4, 0.5) is 0 Å². The van der Waals surface area contributed by atoms with E-state index in [9.17, 15) is 58.4 Å². The Morgan fingerprint density at radius 3 is 2.03 bits per heavy atom. The molecule has 2 fully saturated rings. The van der Waals surface area contributed by atoms with Crippen molar-refractivity contribution in [2.75, 3.05) is 50.8 Å². The summed E-state index contributed by atoms with van der Waals surface area (Å²) in [6.45, 7) is 16.4. The summed E-state index contributed by atoms with van der Waals surface area (Å²) in [4.78, 5) is 147. The Hall–Kier alpha value is -6.96. The number of nitroso groups, excluding NO2 is 2. The molecule has 0 aliphatic carbocycles. The summed E-state index contributed by atoms with van der Waals surface area (Å²) in [5, 5.41) is 53.1. The van der Waals surface area contributed by atoms with Crippen molar-refractivity contribution in [2.24, 2.45) is 38.6 Å². The van der Waals surface area contributed by atoms with E-state index in [2.05, 4.69) is 73.2 Å². The number of phenols is 1. The minimum atomic E-state index is -1.37. The van der Waals surface area contributed by atoms with Crippen LogP contribution < -0.4 is 59.3 Å². The monoisotopic (exact) mass is 1300 g/mol. The Kier molecular flexibility index (Phi) is 31.9. The van der Waals surface area contributed by atoms with Crippen molar-refractivity contribution < 1.29 is 48.6 Å². The van der Waals surface area contributed by atoms with Crippen LogP contribution in [0.15, 0.2) is 52.1 Å². The fraction of sp³-hybridized carbons (Fsp3) is 0.695. The number of aliphatic imine (C=N–C) groups is 1. The number of likely N-dealkylation sites (tertiary alicyclic amines) is 1. The van der Waals surface area contributed by atoms with Gasteiger partial charge in [0.1, 0.15) is 60.1 Å². The van der Waals surface area contributed by atoms with Crippen LogP contribution >= 0.6 is 21.6 Å². The van der Waals surface area contributed by atoms with E-state index in [4.69, 9.17) is 11.5 Å². The third-order valence-electron chi connectivity index (χ3n) is 16.8. The van der Waals surface area contributed by atoms with Crippen molar-refractivity contribution in [3.63, 3.8) is 0 Å². The van der Waals surface area contributed by atoms with E-state index < -0.39 is 119 Å². The normalized spacial score (nSPS) is 20.1. The maximum absolute atomic E-state index is 14.6. The van der Waals surface area contributed by atoms with Crippen LogP contribution in [0.3, 0.4) is 0 Å². The third-order valence-corrected chi connectivity index (χ3v) is 19.3. The van der Waals surface area contributed by atoms with E-state index in [1.807, 2.05) is 27.7 Å². The number of nitrogens with two attached hydrogens (primary N) is 2. The van der Waals surface area contributed by atoms with Crippen LogP contribution in [-0.4, -0.2) is 195 Å². The number of carbonyl (C=O) groups is 8. The van der Waals surface area contributed by atoms with E-state index in [1.165, 1.54) is 51.1 Å². The zero-order chi connectivity index (χ0) is 66.6. The number of H-pyrrole nitrogens is 1. The number of nitrogens with one attached hydrogen (secondary N) is 10. The topological polar surface area (TPSA) is 440 Å². The van der Waals surface area contributed by atoms with Gasteiger partial charge in [-0.25, -0.2) is 9.78 Å². The van der Waals surface area contributed by atoms with Gasteiger partial charge in [-0.05, 0) is 148 Å². The Bertz CT molecular complexity index is 2650. The zero-order valence-electron chi connectivity index (χ0n) is 53.1.